The minimum Gasteiger partial charge on any atom is -0.444 e. The van der Waals surface area contributed by atoms with E-state index < -0.39 is 23.2 Å². The number of benzene rings is 1. The van der Waals surface area contributed by atoms with Crippen molar-refractivity contribution in [3.8, 4) is 10.6 Å². The molecule has 1 fully saturated rings. The summed E-state index contributed by atoms with van der Waals surface area (Å²) in [5, 5.41) is 20.6. The lowest BCUT2D eigenvalue weighted by atomic mass is 9.91. The number of hydrogen-bond acceptors (Lipinski definition) is 8. The Labute approximate surface area is 228 Å². The third kappa shape index (κ3) is 6.02. The molecule has 0 atom stereocenters. The molecule has 0 radical (unpaired) electrons. The number of hydrogen-bond donors (Lipinski definition) is 2. The van der Waals surface area contributed by atoms with Crippen LogP contribution in [-0.4, -0.2) is 65.5 Å². The number of fused-ring (bicyclic) bond motifs is 1. The fourth-order valence-electron chi connectivity index (χ4n) is 4.40. The molecule has 4 heterocycles. The summed E-state index contributed by atoms with van der Waals surface area (Å²) in [6.07, 6.45) is 3.10. The molecule has 1 saturated heterocycles. The van der Waals surface area contributed by atoms with Crippen LogP contribution < -0.4 is 10.9 Å². The number of ether oxygens (including phenoxy) is 1. The fraction of sp³-hybridized carbons (Fsp3) is 0.370. The van der Waals surface area contributed by atoms with Crippen molar-refractivity contribution >= 4 is 34.5 Å². The number of likely N-dealkylation sites (tertiary alicyclic amines) is 1. The van der Waals surface area contributed by atoms with Gasteiger partial charge in [0.1, 0.15) is 28.1 Å². The Hall–Kier alpha value is -4.03. The minimum atomic E-state index is -1.17. The lowest BCUT2D eigenvalue weighted by Crippen LogP contribution is -2.50. The average Bonchev–Trinajstić information content (AvgIpc) is 3.54. The van der Waals surface area contributed by atoms with E-state index in [0.29, 0.717) is 31.6 Å². The van der Waals surface area contributed by atoms with E-state index in [9.17, 15) is 19.5 Å². The third-order valence-electron chi connectivity index (χ3n) is 6.42. The molecule has 12 heteroatoms. The van der Waals surface area contributed by atoms with Crippen molar-refractivity contribution in [1.29, 1.82) is 0 Å². The van der Waals surface area contributed by atoms with Gasteiger partial charge >= 0.3 is 6.09 Å². The number of piperidine rings is 1. The second-order valence-electron chi connectivity index (χ2n) is 10.7. The molecule has 1 aromatic carbocycles. The number of amides is 2. The average molecular weight is 551 g/mol. The van der Waals surface area contributed by atoms with Gasteiger partial charge in [-0.05, 0) is 39.7 Å². The molecule has 2 N–H and O–H groups in total. The number of nitrogens with zero attached hydrogens (tertiary/aromatic N) is 5. The van der Waals surface area contributed by atoms with Crippen LogP contribution in [0, 0.1) is 0 Å². The normalized spacial score (nSPS) is 15.3. The zero-order valence-electron chi connectivity index (χ0n) is 22.0. The number of anilines is 1. The first-order chi connectivity index (χ1) is 18.5. The van der Waals surface area contributed by atoms with E-state index >= 15 is 0 Å². The van der Waals surface area contributed by atoms with E-state index in [4.69, 9.17) is 4.74 Å². The Morgan fingerprint density at radius 2 is 1.90 bits per heavy atom. The van der Waals surface area contributed by atoms with E-state index in [-0.39, 0.29) is 23.3 Å². The first-order valence-electron chi connectivity index (χ1n) is 12.6. The molecule has 1 aliphatic rings. The molecule has 204 valence electrons. The van der Waals surface area contributed by atoms with Crippen molar-refractivity contribution < 1.29 is 19.4 Å². The first kappa shape index (κ1) is 26.6. The van der Waals surface area contributed by atoms with Crippen LogP contribution in [0.25, 0.3) is 16.1 Å². The number of carbonyl (C=O) groups is 2. The molecule has 0 unspecified atom stereocenters. The van der Waals surface area contributed by atoms with Crippen LogP contribution in [0.5, 0.6) is 0 Å². The molecule has 1 aliphatic heterocycles. The van der Waals surface area contributed by atoms with Gasteiger partial charge in [-0.3, -0.25) is 14.2 Å². The number of rotatable bonds is 5. The van der Waals surface area contributed by atoms with Crippen molar-refractivity contribution in [1.82, 2.24) is 24.1 Å². The Balaban J connectivity index is 1.25. The number of carbonyl (C=O) groups excluding carboxylic acids is 2. The van der Waals surface area contributed by atoms with Crippen LogP contribution in [0.3, 0.4) is 0 Å². The largest absolute Gasteiger partial charge is 0.444 e. The zero-order valence-corrected chi connectivity index (χ0v) is 22.8. The number of thiazole rings is 1. The van der Waals surface area contributed by atoms with Gasteiger partial charge in [0, 0.05) is 24.0 Å². The highest BCUT2D eigenvalue weighted by Gasteiger charge is 2.36. The van der Waals surface area contributed by atoms with Crippen LogP contribution in [0.1, 0.15) is 44.1 Å². The molecule has 5 rings (SSSR count). The fourth-order valence-corrected chi connectivity index (χ4v) is 5.21. The highest BCUT2D eigenvalue weighted by molar-refractivity contribution is 7.13. The summed E-state index contributed by atoms with van der Waals surface area (Å²) in [7, 11) is 0. The zero-order chi connectivity index (χ0) is 27.8. The molecule has 3 aromatic heterocycles. The Morgan fingerprint density at radius 3 is 2.59 bits per heavy atom. The summed E-state index contributed by atoms with van der Waals surface area (Å²) in [6, 6.07) is 11.1. The van der Waals surface area contributed by atoms with E-state index in [0.717, 1.165) is 10.6 Å². The van der Waals surface area contributed by atoms with E-state index in [2.05, 4.69) is 15.4 Å². The van der Waals surface area contributed by atoms with E-state index in [1.807, 2.05) is 30.3 Å². The standard InChI is InChI=1S/C27H30N6O5S/c1-26(2,3)38-25(36)31-11-9-27(37,10-12-31)16-32-17-28-33-14-19(13-21(33)24(32)35)29-22(34)20-15-39-23(30-20)18-7-5-4-6-8-18/h4-8,13-15,17,37H,9-12,16H2,1-3H3,(H,29,34). The van der Waals surface area contributed by atoms with Gasteiger partial charge in [-0.15, -0.1) is 11.3 Å². The van der Waals surface area contributed by atoms with Crippen molar-refractivity contribution in [2.45, 2.75) is 51.4 Å². The smallest absolute Gasteiger partial charge is 0.410 e. The minimum absolute atomic E-state index is 0.0332. The Morgan fingerprint density at radius 1 is 1.18 bits per heavy atom. The van der Waals surface area contributed by atoms with Gasteiger partial charge in [0.2, 0.25) is 0 Å². The number of nitrogens with one attached hydrogen (secondary N) is 1. The van der Waals surface area contributed by atoms with Crippen molar-refractivity contribution in [3.63, 3.8) is 0 Å². The molecule has 2 amide bonds. The quantitative estimate of drug-likeness (QED) is 0.388. The predicted octanol–water partition coefficient (Wildman–Crippen LogP) is 3.63. The summed E-state index contributed by atoms with van der Waals surface area (Å²) >= 11 is 1.38. The van der Waals surface area contributed by atoms with Crippen LogP contribution in [0.4, 0.5) is 10.5 Å². The van der Waals surface area contributed by atoms with Gasteiger partial charge in [0.25, 0.3) is 11.5 Å². The van der Waals surface area contributed by atoms with Gasteiger partial charge in [0.05, 0.1) is 24.0 Å². The highest BCUT2D eigenvalue weighted by Crippen LogP contribution is 2.26. The summed E-state index contributed by atoms with van der Waals surface area (Å²) in [5.41, 5.74) is -0.259. The summed E-state index contributed by atoms with van der Waals surface area (Å²) in [6.45, 7) is 6.09. The van der Waals surface area contributed by atoms with Gasteiger partial charge in [-0.2, -0.15) is 5.10 Å². The molecule has 0 bridgehead atoms. The third-order valence-corrected chi connectivity index (χ3v) is 7.31. The van der Waals surface area contributed by atoms with Gasteiger partial charge < -0.3 is 20.1 Å². The molecule has 11 nitrogen and oxygen atoms in total. The second kappa shape index (κ2) is 10.3. The monoisotopic (exact) mass is 550 g/mol. The predicted molar refractivity (Wildman–Crippen MR) is 147 cm³/mol. The molecule has 0 spiro atoms. The first-order valence-corrected chi connectivity index (χ1v) is 13.5. The molecule has 0 aliphatic carbocycles. The van der Waals surface area contributed by atoms with Gasteiger partial charge in [0.15, 0.2) is 0 Å². The molecule has 39 heavy (non-hydrogen) atoms. The SMILES string of the molecule is CC(C)(C)OC(=O)N1CCC(O)(Cn2cnn3cc(NC(=O)c4csc(-c5ccccc5)n4)cc3c2=O)CC1. The molecular weight excluding hydrogens is 520 g/mol. The molecule has 0 saturated carbocycles. The number of aromatic nitrogens is 4. The number of aliphatic hydroxyl groups is 1. The van der Waals surface area contributed by atoms with Gasteiger partial charge in [-0.1, -0.05) is 30.3 Å². The lowest BCUT2D eigenvalue weighted by Gasteiger charge is -2.38. The Bertz CT molecular complexity index is 1560. The molecule has 4 aromatic rings. The maximum absolute atomic E-state index is 13.2. The van der Waals surface area contributed by atoms with Crippen LogP contribution >= 0.6 is 11.3 Å². The second-order valence-corrected chi connectivity index (χ2v) is 11.5. The van der Waals surface area contributed by atoms with Crippen LogP contribution in [-0.2, 0) is 11.3 Å². The maximum atomic E-state index is 13.2. The topological polar surface area (TPSA) is 131 Å². The maximum Gasteiger partial charge on any atom is 0.410 e. The summed E-state index contributed by atoms with van der Waals surface area (Å²) < 4.78 is 8.16. The van der Waals surface area contributed by atoms with Crippen LogP contribution in [0.2, 0.25) is 0 Å². The summed E-state index contributed by atoms with van der Waals surface area (Å²) in [5.74, 6) is -0.393. The summed E-state index contributed by atoms with van der Waals surface area (Å²) in [4.78, 5) is 44.3. The van der Waals surface area contributed by atoms with Crippen molar-refractivity contribution in [3.05, 3.63) is 70.4 Å². The van der Waals surface area contributed by atoms with Crippen molar-refractivity contribution in [2.75, 3.05) is 18.4 Å². The van der Waals surface area contributed by atoms with Crippen LogP contribution in [0.15, 0.2) is 59.1 Å². The Kier molecular flexibility index (Phi) is 7.00. The highest BCUT2D eigenvalue weighted by atomic mass is 32.1. The van der Waals surface area contributed by atoms with Crippen molar-refractivity contribution in [2.24, 2.45) is 0 Å². The van der Waals surface area contributed by atoms with Gasteiger partial charge in [-0.25, -0.2) is 14.3 Å². The van der Waals surface area contributed by atoms with E-state index in [1.165, 1.54) is 26.7 Å². The molecular formula is C27H30N6O5S. The lowest BCUT2D eigenvalue weighted by molar-refractivity contribution is -0.0420. The van der Waals surface area contributed by atoms with E-state index in [1.54, 1.807) is 43.3 Å².